The van der Waals surface area contributed by atoms with E-state index in [9.17, 15) is 9.90 Å². The maximum Gasteiger partial charge on any atom is 0.253 e. The molecule has 1 amide bonds. The van der Waals surface area contributed by atoms with Gasteiger partial charge in [-0.25, -0.2) is 0 Å². The maximum atomic E-state index is 12.6. The molecule has 1 fully saturated rings. The summed E-state index contributed by atoms with van der Waals surface area (Å²) in [6, 6.07) is 7.35. The quantitative estimate of drug-likeness (QED) is 0.875. The average Bonchev–Trinajstić information content (AvgIpc) is 2.52. The van der Waals surface area contributed by atoms with Crippen molar-refractivity contribution < 1.29 is 9.90 Å². The summed E-state index contributed by atoms with van der Waals surface area (Å²) in [4.78, 5) is 16.7. The first-order chi connectivity index (χ1) is 10.4. The number of hydrogen-bond donors (Lipinski definition) is 1. The molecule has 2 rings (SSSR count). The maximum absolute atomic E-state index is 12.6. The van der Waals surface area contributed by atoms with E-state index in [0.29, 0.717) is 17.1 Å². The predicted octanol–water partition coefficient (Wildman–Crippen LogP) is 2.65. The molecule has 1 heterocycles. The van der Waals surface area contributed by atoms with Gasteiger partial charge in [-0.2, -0.15) is 0 Å². The van der Waals surface area contributed by atoms with Gasteiger partial charge in [0.1, 0.15) is 0 Å². The topological polar surface area (TPSA) is 43.8 Å². The third-order valence-electron chi connectivity index (χ3n) is 4.58. The zero-order valence-electron chi connectivity index (χ0n) is 13.5. The van der Waals surface area contributed by atoms with Crippen LogP contribution in [0.2, 0.25) is 5.02 Å². The van der Waals surface area contributed by atoms with E-state index in [4.69, 9.17) is 11.6 Å². The van der Waals surface area contributed by atoms with Crippen LogP contribution in [0.4, 0.5) is 0 Å². The number of nitrogens with zero attached hydrogens (tertiary/aromatic N) is 2. The van der Waals surface area contributed by atoms with Crippen molar-refractivity contribution in [2.24, 2.45) is 0 Å². The number of halogens is 1. The van der Waals surface area contributed by atoms with Crippen LogP contribution in [0.15, 0.2) is 24.3 Å². The highest BCUT2D eigenvalue weighted by Gasteiger charge is 2.36. The second-order valence-electron chi connectivity index (χ2n) is 6.13. The van der Waals surface area contributed by atoms with Crippen molar-refractivity contribution in [2.45, 2.75) is 44.9 Å². The minimum absolute atomic E-state index is 0.0174. The zero-order valence-corrected chi connectivity index (χ0v) is 14.3. The summed E-state index contributed by atoms with van der Waals surface area (Å²) in [7, 11) is 1.86. The molecule has 0 bridgehead atoms. The Kier molecular flexibility index (Phi) is 5.84. The van der Waals surface area contributed by atoms with Crippen LogP contribution in [0.1, 0.15) is 37.0 Å². The summed E-state index contributed by atoms with van der Waals surface area (Å²) < 4.78 is 0. The highest BCUT2D eigenvalue weighted by molar-refractivity contribution is 6.30. The second-order valence-corrected chi connectivity index (χ2v) is 6.56. The van der Waals surface area contributed by atoms with Gasteiger partial charge in [-0.3, -0.25) is 9.69 Å². The monoisotopic (exact) mass is 324 g/mol. The zero-order chi connectivity index (χ0) is 16.3. The van der Waals surface area contributed by atoms with Gasteiger partial charge in [0.05, 0.1) is 6.10 Å². The van der Waals surface area contributed by atoms with E-state index in [-0.39, 0.29) is 24.1 Å². The molecule has 0 spiro atoms. The minimum atomic E-state index is -0.237. The number of aliphatic hydroxyl groups is 1. The van der Waals surface area contributed by atoms with Crippen molar-refractivity contribution in [1.29, 1.82) is 0 Å². The van der Waals surface area contributed by atoms with Gasteiger partial charge in [0, 0.05) is 42.8 Å². The third kappa shape index (κ3) is 3.80. The fourth-order valence-corrected chi connectivity index (χ4v) is 3.00. The number of amides is 1. The fourth-order valence-electron chi connectivity index (χ4n) is 2.88. The molecule has 0 radical (unpaired) electrons. The molecule has 1 aliphatic heterocycles. The average molecular weight is 325 g/mol. The van der Waals surface area contributed by atoms with Gasteiger partial charge < -0.3 is 10.0 Å². The highest BCUT2D eigenvalue weighted by atomic mass is 35.5. The van der Waals surface area contributed by atoms with E-state index in [1.165, 1.54) is 0 Å². The van der Waals surface area contributed by atoms with Gasteiger partial charge >= 0.3 is 0 Å². The van der Waals surface area contributed by atoms with Crippen LogP contribution < -0.4 is 0 Å². The molecular formula is C17H25ClN2O2. The highest BCUT2D eigenvalue weighted by Crippen LogP contribution is 2.21. The van der Waals surface area contributed by atoms with Crippen molar-refractivity contribution in [3.63, 3.8) is 0 Å². The normalized spacial score (nSPS) is 23.0. The molecule has 4 nitrogen and oxygen atoms in total. The molecule has 0 aliphatic carbocycles. The van der Waals surface area contributed by atoms with Gasteiger partial charge in [-0.1, -0.05) is 24.9 Å². The van der Waals surface area contributed by atoms with Gasteiger partial charge in [-0.05, 0) is 37.6 Å². The van der Waals surface area contributed by atoms with E-state index in [0.717, 1.165) is 19.4 Å². The molecule has 1 aliphatic rings. The van der Waals surface area contributed by atoms with Crippen LogP contribution in [0.3, 0.4) is 0 Å². The van der Waals surface area contributed by atoms with E-state index < -0.39 is 0 Å². The fraction of sp³-hybridized carbons (Fsp3) is 0.588. The second kappa shape index (κ2) is 7.44. The van der Waals surface area contributed by atoms with Crippen LogP contribution in [-0.2, 0) is 0 Å². The summed E-state index contributed by atoms with van der Waals surface area (Å²) >= 11 is 5.88. The van der Waals surface area contributed by atoms with Crippen molar-refractivity contribution in [3.05, 3.63) is 34.9 Å². The SMILES string of the molecule is CCCC(CN1C[C@@H](O)[C@H]1C)N(C)C(=O)c1ccc(Cl)cc1. The summed E-state index contributed by atoms with van der Waals surface area (Å²) in [6.45, 7) is 5.66. The first-order valence-corrected chi connectivity index (χ1v) is 8.26. The molecule has 1 aromatic carbocycles. The van der Waals surface area contributed by atoms with Crippen molar-refractivity contribution >= 4 is 17.5 Å². The first-order valence-electron chi connectivity index (χ1n) is 7.88. The van der Waals surface area contributed by atoms with E-state index in [2.05, 4.69) is 11.8 Å². The van der Waals surface area contributed by atoms with Gasteiger partial charge in [0.2, 0.25) is 0 Å². The molecule has 0 saturated carbocycles. The summed E-state index contributed by atoms with van der Waals surface area (Å²) in [5.41, 5.74) is 0.657. The first kappa shape index (κ1) is 17.3. The Morgan fingerprint density at radius 3 is 2.59 bits per heavy atom. The van der Waals surface area contributed by atoms with Crippen molar-refractivity contribution in [2.75, 3.05) is 20.1 Å². The third-order valence-corrected chi connectivity index (χ3v) is 4.83. The lowest BCUT2D eigenvalue weighted by atomic mass is 9.98. The molecule has 1 N–H and O–H groups in total. The number of likely N-dealkylation sites (tertiary alicyclic amines) is 1. The summed E-state index contributed by atoms with van der Waals surface area (Å²) in [5.74, 6) is 0.0174. The number of carbonyl (C=O) groups is 1. The number of rotatable bonds is 6. The molecular weight excluding hydrogens is 300 g/mol. The minimum Gasteiger partial charge on any atom is -0.390 e. The largest absolute Gasteiger partial charge is 0.390 e. The van der Waals surface area contributed by atoms with Crippen LogP contribution in [-0.4, -0.2) is 59.1 Å². The number of benzene rings is 1. The molecule has 122 valence electrons. The van der Waals surface area contributed by atoms with E-state index >= 15 is 0 Å². The lowest BCUT2D eigenvalue weighted by molar-refractivity contribution is -0.0614. The molecule has 1 saturated heterocycles. The van der Waals surface area contributed by atoms with Crippen molar-refractivity contribution in [1.82, 2.24) is 9.80 Å². The summed E-state index contributed by atoms with van der Waals surface area (Å²) in [5, 5.41) is 10.3. The number of likely N-dealkylation sites (N-methyl/N-ethyl adjacent to an activating group) is 1. The van der Waals surface area contributed by atoms with Crippen molar-refractivity contribution in [3.8, 4) is 0 Å². The van der Waals surface area contributed by atoms with Crippen LogP contribution in [0.25, 0.3) is 0 Å². The van der Waals surface area contributed by atoms with Gasteiger partial charge in [-0.15, -0.1) is 0 Å². The number of carbonyl (C=O) groups excluding carboxylic acids is 1. The molecule has 1 unspecified atom stereocenters. The van der Waals surface area contributed by atoms with Crippen LogP contribution in [0, 0.1) is 0 Å². The smallest absolute Gasteiger partial charge is 0.253 e. The van der Waals surface area contributed by atoms with Crippen LogP contribution >= 0.6 is 11.6 Å². The predicted molar refractivity (Wildman–Crippen MR) is 89.3 cm³/mol. The Bertz CT molecular complexity index is 506. The van der Waals surface area contributed by atoms with Crippen LogP contribution in [0.5, 0.6) is 0 Å². The Labute approximate surface area is 137 Å². The van der Waals surface area contributed by atoms with Gasteiger partial charge in [0.15, 0.2) is 0 Å². The number of β-amino-alcohol motifs (C(OH)–C–C–N with tert-alkyl or cyclic N) is 1. The Morgan fingerprint density at radius 2 is 2.09 bits per heavy atom. The molecule has 1 aromatic rings. The lowest BCUT2D eigenvalue weighted by Crippen LogP contribution is -2.61. The molecule has 3 atom stereocenters. The standard InChI is InChI=1S/C17H25ClN2O2/c1-4-5-15(10-20-11-16(21)12(20)2)19(3)17(22)13-6-8-14(18)9-7-13/h6-9,12,15-16,21H,4-5,10-11H2,1-3H3/t12-,15?,16-/m1/s1. The molecule has 0 aromatic heterocycles. The number of hydrogen-bond acceptors (Lipinski definition) is 3. The number of aliphatic hydroxyl groups excluding tert-OH is 1. The Balaban J connectivity index is 2.03. The molecule has 22 heavy (non-hydrogen) atoms. The van der Waals surface area contributed by atoms with E-state index in [1.54, 1.807) is 24.3 Å². The van der Waals surface area contributed by atoms with E-state index in [1.807, 2.05) is 18.9 Å². The van der Waals surface area contributed by atoms with Gasteiger partial charge in [0.25, 0.3) is 5.91 Å². The summed E-state index contributed by atoms with van der Waals surface area (Å²) in [6.07, 6.45) is 1.74. The molecule has 5 heteroatoms. The Hall–Kier alpha value is -1.10. The Morgan fingerprint density at radius 1 is 1.45 bits per heavy atom. The lowest BCUT2D eigenvalue weighted by Gasteiger charge is -2.46.